The van der Waals surface area contributed by atoms with E-state index < -0.39 is 0 Å². The number of ether oxygens (including phenoxy) is 1. The van der Waals surface area contributed by atoms with Gasteiger partial charge in [0, 0.05) is 19.6 Å². The van der Waals surface area contributed by atoms with Gasteiger partial charge in [0.2, 0.25) is 0 Å². The second-order valence-electron chi connectivity index (χ2n) is 4.40. The molecule has 0 spiro atoms. The lowest BCUT2D eigenvalue weighted by Gasteiger charge is -2.03. The largest absolute Gasteiger partial charge is 0.381 e. The zero-order valence-corrected chi connectivity index (χ0v) is 10.9. The van der Waals surface area contributed by atoms with Crippen molar-refractivity contribution < 1.29 is 9.53 Å². The van der Waals surface area contributed by atoms with Gasteiger partial charge in [-0.2, -0.15) is 0 Å². The first-order chi connectivity index (χ1) is 7.91. The van der Waals surface area contributed by atoms with Crippen LogP contribution in [0.2, 0.25) is 0 Å². The van der Waals surface area contributed by atoms with E-state index in [-0.39, 0.29) is 0 Å². The molecule has 0 aromatic heterocycles. The van der Waals surface area contributed by atoms with E-state index in [0.717, 1.165) is 32.3 Å². The van der Waals surface area contributed by atoms with Crippen molar-refractivity contribution >= 4 is 6.29 Å². The van der Waals surface area contributed by atoms with Gasteiger partial charge in [-0.05, 0) is 19.3 Å². The number of carbonyl (C=O) groups is 1. The van der Waals surface area contributed by atoms with E-state index >= 15 is 0 Å². The number of aldehydes is 1. The molecule has 0 aliphatic heterocycles. The topological polar surface area (TPSA) is 26.3 Å². The predicted molar refractivity (Wildman–Crippen MR) is 68.7 cm³/mol. The first-order valence-corrected chi connectivity index (χ1v) is 6.93. The first kappa shape index (κ1) is 15.6. The summed E-state index contributed by atoms with van der Waals surface area (Å²) in [7, 11) is 0. The van der Waals surface area contributed by atoms with Gasteiger partial charge in [0.05, 0.1) is 0 Å². The van der Waals surface area contributed by atoms with Crippen LogP contribution in [0.3, 0.4) is 0 Å². The van der Waals surface area contributed by atoms with Gasteiger partial charge in [-0.1, -0.05) is 45.4 Å². The van der Waals surface area contributed by atoms with E-state index in [1.54, 1.807) is 0 Å². The summed E-state index contributed by atoms with van der Waals surface area (Å²) in [6, 6.07) is 0. The predicted octanol–water partition coefficient (Wildman–Crippen LogP) is 4.12. The minimum atomic E-state index is 0.681. The lowest BCUT2D eigenvalue weighted by molar-refractivity contribution is -0.108. The van der Waals surface area contributed by atoms with E-state index in [2.05, 4.69) is 6.92 Å². The second kappa shape index (κ2) is 14.6. The molecule has 0 radical (unpaired) electrons. The standard InChI is InChI=1S/C14H28O2/c1-2-3-4-5-6-7-10-13-16-14-11-8-9-12-15/h12H,2-11,13-14H2,1H3. The van der Waals surface area contributed by atoms with Crippen molar-refractivity contribution in [3.05, 3.63) is 0 Å². The second-order valence-corrected chi connectivity index (χ2v) is 4.40. The highest BCUT2D eigenvalue weighted by molar-refractivity contribution is 5.48. The van der Waals surface area contributed by atoms with E-state index in [0.29, 0.717) is 6.42 Å². The Kier molecular flexibility index (Phi) is 14.3. The number of rotatable bonds is 13. The molecule has 0 aromatic carbocycles. The van der Waals surface area contributed by atoms with Crippen molar-refractivity contribution in [2.24, 2.45) is 0 Å². The molecule has 2 heteroatoms. The molecule has 0 aromatic rings. The molecule has 96 valence electrons. The van der Waals surface area contributed by atoms with Gasteiger partial charge in [-0.3, -0.25) is 0 Å². The van der Waals surface area contributed by atoms with Crippen LogP contribution in [0.1, 0.15) is 71.1 Å². The SMILES string of the molecule is CCCCCCCCCOCCCCC=O. The molecule has 0 amide bonds. The van der Waals surface area contributed by atoms with Gasteiger partial charge < -0.3 is 9.53 Å². The van der Waals surface area contributed by atoms with Crippen LogP contribution in [-0.2, 0) is 9.53 Å². The van der Waals surface area contributed by atoms with Gasteiger partial charge in [0.1, 0.15) is 6.29 Å². The van der Waals surface area contributed by atoms with Gasteiger partial charge >= 0.3 is 0 Å². The highest BCUT2D eigenvalue weighted by Gasteiger charge is 1.92. The molecule has 0 atom stereocenters. The van der Waals surface area contributed by atoms with Crippen molar-refractivity contribution in [2.75, 3.05) is 13.2 Å². The summed E-state index contributed by atoms with van der Waals surface area (Å²) in [5.74, 6) is 0. The molecule has 0 aliphatic rings. The van der Waals surface area contributed by atoms with Crippen LogP contribution in [0.25, 0.3) is 0 Å². The number of unbranched alkanes of at least 4 members (excludes halogenated alkanes) is 8. The maximum atomic E-state index is 10.0. The van der Waals surface area contributed by atoms with Crippen LogP contribution in [0, 0.1) is 0 Å². The Hall–Kier alpha value is -0.370. The third-order valence-corrected chi connectivity index (χ3v) is 2.75. The van der Waals surface area contributed by atoms with Crippen molar-refractivity contribution in [1.82, 2.24) is 0 Å². The summed E-state index contributed by atoms with van der Waals surface area (Å²) >= 11 is 0. The van der Waals surface area contributed by atoms with E-state index in [9.17, 15) is 4.79 Å². The van der Waals surface area contributed by atoms with Crippen molar-refractivity contribution in [3.63, 3.8) is 0 Å². The van der Waals surface area contributed by atoms with Crippen LogP contribution in [0.15, 0.2) is 0 Å². The quantitative estimate of drug-likeness (QED) is 0.350. The Morgan fingerprint density at radius 2 is 1.38 bits per heavy atom. The van der Waals surface area contributed by atoms with Crippen LogP contribution in [0.5, 0.6) is 0 Å². The van der Waals surface area contributed by atoms with Crippen molar-refractivity contribution in [2.45, 2.75) is 71.1 Å². The van der Waals surface area contributed by atoms with E-state index in [1.165, 1.54) is 44.9 Å². The summed E-state index contributed by atoms with van der Waals surface area (Å²) in [6.07, 6.45) is 13.0. The van der Waals surface area contributed by atoms with Crippen LogP contribution in [-0.4, -0.2) is 19.5 Å². The van der Waals surface area contributed by atoms with Gasteiger partial charge in [-0.25, -0.2) is 0 Å². The Bertz CT molecular complexity index is 135. The monoisotopic (exact) mass is 228 g/mol. The van der Waals surface area contributed by atoms with Crippen LogP contribution >= 0.6 is 0 Å². The number of carbonyl (C=O) groups excluding carboxylic acids is 1. The summed E-state index contributed by atoms with van der Waals surface area (Å²) < 4.78 is 5.49. The third-order valence-electron chi connectivity index (χ3n) is 2.75. The van der Waals surface area contributed by atoms with Gasteiger partial charge in [0.15, 0.2) is 0 Å². The van der Waals surface area contributed by atoms with Gasteiger partial charge in [0.25, 0.3) is 0 Å². The minimum absolute atomic E-state index is 0.681. The molecule has 0 saturated carbocycles. The Morgan fingerprint density at radius 1 is 0.812 bits per heavy atom. The molecule has 0 rings (SSSR count). The first-order valence-electron chi connectivity index (χ1n) is 6.93. The van der Waals surface area contributed by atoms with E-state index in [4.69, 9.17) is 4.74 Å². The molecule has 16 heavy (non-hydrogen) atoms. The molecule has 2 nitrogen and oxygen atoms in total. The number of hydrogen-bond acceptors (Lipinski definition) is 2. The maximum Gasteiger partial charge on any atom is 0.119 e. The third kappa shape index (κ3) is 13.6. The van der Waals surface area contributed by atoms with Crippen LogP contribution in [0.4, 0.5) is 0 Å². The normalized spacial score (nSPS) is 10.6. The zero-order chi connectivity index (χ0) is 11.9. The van der Waals surface area contributed by atoms with Crippen LogP contribution < -0.4 is 0 Å². The number of hydrogen-bond donors (Lipinski definition) is 0. The molecule has 0 aliphatic carbocycles. The van der Waals surface area contributed by atoms with Crippen molar-refractivity contribution in [1.29, 1.82) is 0 Å². The Balaban J connectivity index is 2.85. The molecule has 0 fully saturated rings. The fraction of sp³-hybridized carbons (Fsp3) is 0.929. The highest BCUT2D eigenvalue weighted by atomic mass is 16.5. The molecule has 0 N–H and O–H groups in total. The average Bonchev–Trinajstić information content (AvgIpc) is 2.31. The Morgan fingerprint density at radius 3 is 2.00 bits per heavy atom. The maximum absolute atomic E-state index is 10.0. The fourth-order valence-electron chi connectivity index (χ4n) is 1.70. The molecular weight excluding hydrogens is 200 g/mol. The summed E-state index contributed by atoms with van der Waals surface area (Å²) in [5.41, 5.74) is 0. The van der Waals surface area contributed by atoms with E-state index in [1.807, 2.05) is 0 Å². The summed E-state index contributed by atoms with van der Waals surface area (Å²) in [5, 5.41) is 0. The highest BCUT2D eigenvalue weighted by Crippen LogP contribution is 2.06. The Labute approximate surface area is 101 Å². The molecule has 0 unspecified atom stereocenters. The lowest BCUT2D eigenvalue weighted by atomic mass is 10.1. The van der Waals surface area contributed by atoms with Crippen molar-refractivity contribution in [3.8, 4) is 0 Å². The fourth-order valence-corrected chi connectivity index (χ4v) is 1.70. The molecule has 0 saturated heterocycles. The zero-order valence-electron chi connectivity index (χ0n) is 10.9. The molecule has 0 heterocycles. The lowest BCUT2D eigenvalue weighted by Crippen LogP contribution is -1.97. The average molecular weight is 228 g/mol. The summed E-state index contributed by atoms with van der Waals surface area (Å²) in [4.78, 5) is 10.0. The molecular formula is C14H28O2. The minimum Gasteiger partial charge on any atom is -0.381 e. The van der Waals surface area contributed by atoms with Gasteiger partial charge in [-0.15, -0.1) is 0 Å². The molecule has 0 bridgehead atoms. The summed E-state index contributed by atoms with van der Waals surface area (Å²) in [6.45, 7) is 3.97. The smallest absolute Gasteiger partial charge is 0.119 e.